The lowest BCUT2D eigenvalue weighted by Gasteiger charge is -2.30. The Morgan fingerprint density at radius 3 is 3.00 bits per heavy atom. The largest absolute Gasteiger partial charge is 0.392 e. The molecule has 2 aromatic rings. The van der Waals surface area contributed by atoms with Crippen molar-refractivity contribution >= 4 is 28.9 Å². The molecule has 22 heavy (non-hydrogen) atoms. The van der Waals surface area contributed by atoms with Crippen molar-refractivity contribution in [1.29, 1.82) is 0 Å². The molecule has 1 saturated heterocycles. The van der Waals surface area contributed by atoms with Crippen LogP contribution in [0.25, 0.3) is 11.2 Å². The number of aromatic amines is 1. The zero-order valence-electron chi connectivity index (χ0n) is 11.8. The van der Waals surface area contributed by atoms with Crippen molar-refractivity contribution in [2.45, 2.75) is 48.0 Å². The van der Waals surface area contributed by atoms with Gasteiger partial charge < -0.3 is 20.5 Å². The van der Waals surface area contributed by atoms with Crippen LogP contribution in [0, 0.1) is 0 Å². The molecule has 9 heteroatoms. The first-order valence-electron chi connectivity index (χ1n) is 7.27. The molecule has 0 amide bonds. The highest BCUT2D eigenvalue weighted by Crippen LogP contribution is 2.57. The van der Waals surface area contributed by atoms with E-state index in [-0.39, 0.29) is 22.4 Å². The number of aliphatic hydroxyl groups excluding tert-OH is 2. The second-order valence-corrected chi connectivity index (χ2v) is 7.50. The molecule has 2 aliphatic rings. The summed E-state index contributed by atoms with van der Waals surface area (Å²) in [4.78, 5) is 22.5. The number of imidazole rings is 1. The third-order valence-corrected chi connectivity index (χ3v) is 6.59. The number of anilines is 1. The molecule has 0 bridgehead atoms. The van der Waals surface area contributed by atoms with Crippen LogP contribution < -0.4 is 11.3 Å². The third kappa shape index (κ3) is 1.82. The summed E-state index contributed by atoms with van der Waals surface area (Å²) >= 11 is 1.55. The van der Waals surface area contributed by atoms with Gasteiger partial charge in [0.2, 0.25) is 5.95 Å². The summed E-state index contributed by atoms with van der Waals surface area (Å²) in [6, 6.07) is 0. The molecular formula is C13H17N5O3S. The van der Waals surface area contributed by atoms with Gasteiger partial charge in [0.25, 0.3) is 5.56 Å². The van der Waals surface area contributed by atoms with Crippen molar-refractivity contribution in [1.82, 2.24) is 19.5 Å². The molecule has 4 atom stereocenters. The Bertz CT molecular complexity index is 790. The number of aromatic nitrogens is 4. The quantitative estimate of drug-likeness (QED) is 0.580. The molecule has 4 rings (SSSR count). The zero-order valence-corrected chi connectivity index (χ0v) is 12.6. The summed E-state index contributed by atoms with van der Waals surface area (Å²) in [6.07, 6.45) is 3.36. The highest BCUT2D eigenvalue weighted by molar-refractivity contribution is 8.01. The van der Waals surface area contributed by atoms with Gasteiger partial charge in [0, 0.05) is 6.42 Å². The Morgan fingerprint density at radius 1 is 1.45 bits per heavy atom. The van der Waals surface area contributed by atoms with E-state index >= 15 is 0 Å². The third-order valence-electron chi connectivity index (χ3n) is 4.71. The average Bonchev–Trinajstić information content (AvgIpc) is 3.11. The molecule has 8 nitrogen and oxygen atoms in total. The molecule has 1 spiro atoms. The van der Waals surface area contributed by atoms with E-state index in [2.05, 4.69) is 15.0 Å². The minimum atomic E-state index is -0.586. The highest BCUT2D eigenvalue weighted by atomic mass is 32.2. The van der Waals surface area contributed by atoms with Crippen LogP contribution >= 0.6 is 11.8 Å². The lowest BCUT2D eigenvalue weighted by atomic mass is 9.95. The van der Waals surface area contributed by atoms with Crippen LogP contribution in [0.4, 0.5) is 5.95 Å². The normalized spacial score (nSPS) is 34.9. The van der Waals surface area contributed by atoms with Crippen LogP contribution in [-0.2, 0) is 0 Å². The van der Waals surface area contributed by atoms with E-state index in [1.165, 1.54) is 0 Å². The van der Waals surface area contributed by atoms with Crippen LogP contribution in [0.15, 0.2) is 11.1 Å². The lowest BCUT2D eigenvalue weighted by molar-refractivity contribution is 0.0560. The molecule has 1 saturated carbocycles. The Hall–Kier alpha value is -1.58. The Labute approximate surface area is 129 Å². The van der Waals surface area contributed by atoms with Crippen molar-refractivity contribution in [3.8, 4) is 0 Å². The molecular weight excluding hydrogens is 306 g/mol. The van der Waals surface area contributed by atoms with E-state index in [0.29, 0.717) is 18.5 Å². The Morgan fingerprint density at radius 2 is 2.27 bits per heavy atom. The molecule has 2 fully saturated rings. The van der Waals surface area contributed by atoms with Gasteiger partial charge in [-0.05, 0) is 19.3 Å². The molecule has 0 aromatic carbocycles. The average molecular weight is 323 g/mol. The highest BCUT2D eigenvalue weighted by Gasteiger charge is 2.55. The lowest BCUT2D eigenvalue weighted by Crippen LogP contribution is -2.41. The van der Waals surface area contributed by atoms with Crippen molar-refractivity contribution in [3.63, 3.8) is 0 Å². The van der Waals surface area contributed by atoms with Gasteiger partial charge in [0.05, 0.1) is 28.7 Å². The predicted molar refractivity (Wildman–Crippen MR) is 82.4 cm³/mol. The van der Waals surface area contributed by atoms with E-state index in [0.717, 1.165) is 12.8 Å². The molecule has 2 aromatic heterocycles. The SMILES string of the molecule is Nc1nc2c(ncn2[C@H]2C[C@H](O)[C@@]3(CCC[C@@H]3O)S2)c(=O)[nH]1. The number of nitrogens with one attached hydrogen (secondary N) is 1. The van der Waals surface area contributed by atoms with E-state index in [9.17, 15) is 15.0 Å². The molecule has 1 aliphatic carbocycles. The van der Waals surface area contributed by atoms with Crippen LogP contribution in [0.1, 0.15) is 31.1 Å². The van der Waals surface area contributed by atoms with E-state index in [1.807, 2.05) is 0 Å². The van der Waals surface area contributed by atoms with E-state index in [4.69, 9.17) is 5.73 Å². The number of nitrogens with zero attached hydrogens (tertiary/aromatic N) is 3. The number of rotatable bonds is 1. The Balaban J connectivity index is 1.76. The summed E-state index contributed by atoms with van der Waals surface area (Å²) < 4.78 is 1.25. The number of thioether (sulfide) groups is 1. The number of hydrogen-bond acceptors (Lipinski definition) is 7. The van der Waals surface area contributed by atoms with Gasteiger partial charge in [-0.1, -0.05) is 0 Å². The van der Waals surface area contributed by atoms with Crippen LogP contribution in [0.3, 0.4) is 0 Å². The van der Waals surface area contributed by atoms with Crippen molar-refractivity contribution in [2.24, 2.45) is 0 Å². The summed E-state index contributed by atoms with van der Waals surface area (Å²) in [6.45, 7) is 0. The maximum Gasteiger partial charge on any atom is 0.280 e. The summed E-state index contributed by atoms with van der Waals surface area (Å²) in [7, 11) is 0. The van der Waals surface area contributed by atoms with Gasteiger partial charge in [0.1, 0.15) is 0 Å². The van der Waals surface area contributed by atoms with Crippen molar-refractivity contribution < 1.29 is 10.2 Å². The summed E-state index contributed by atoms with van der Waals surface area (Å²) in [5.41, 5.74) is 5.88. The minimum Gasteiger partial charge on any atom is -0.392 e. The zero-order chi connectivity index (χ0) is 15.5. The fourth-order valence-electron chi connectivity index (χ4n) is 3.60. The standard InChI is InChI=1S/C13H17N5O3S/c14-12-16-10-9(11(21)17-12)15-5-18(10)8-4-7(20)13(22-8)3-1-2-6(13)19/h5-8,19-20H,1-4H2,(H3,14,16,17,21)/t6-,7-,8+,13-/m0/s1. The first kappa shape index (κ1) is 14.0. The van der Waals surface area contributed by atoms with E-state index < -0.39 is 17.0 Å². The van der Waals surface area contributed by atoms with Crippen molar-refractivity contribution in [3.05, 3.63) is 16.7 Å². The molecule has 118 valence electrons. The fraction of sp³-hybridized carbons (Fsp3) is 0.615. The number of H-pyrrole nitrogens is 1. The Kier molecular flexibility index (Phi) is 3.00. The summed E-state index contributed by atoms with van der Waals surface area (Å²) in [5.74, 6) is 0.0402. The first-order chi connectivity index (χ1) is 10.5. The van der Waals surface area contributed by atoms with Gasteiger partial charge >= 0.3 is 0 Å². The second-order valence-electron chi connectivity index (χ2n) is 5.96. The van der Waals surface area contributed by atoms with Gasteiger partial charge in [-0.15, -0.1) is 11.8 Å². The maximum absolute atomic E-state index is 11.8. The monoisotopic (exact) mass is 323 g/mol. The fourth-order valence-corrected chi connectivity index (χ4v) is 5.45. The number of fused-ring (bicyclic) bond motifs is 1. The number of hydrogen-bond donors (Lipinski definition) is 4. The van der Waals surface area contributed by atoms with Gasteiger partial charge in [-0.25, -0.2) is 4.98 Å². The molecule has 0 unspecified atom stereocenters. The van der Waals surface area contributed by atoms with Gasteiger partial charge in [-0.3, -0.25) is 9.78 Å². The van der Waals surface area contributed by atoms with E-state index in [1.54, 1.807) is 22.7 Å². The first-order valence-corrected chi connectivity index (χ1v) is 8.15. The van der Waals surface area contributed by atoms with Crippen molar-refractivity contribution in [2.75, 3.05) is 5.73 Å². The second kappa shape index (κ2) is 4.71. The van der Waals surface area contributed by atoms with Gasteiger partial charge in [-0.2, -0.15) is 4.98 Å². The predicted octanol–water partition coefficient (Wildman–Crippen LogP) is -0.0182. The van der Waals surface area contributed by atoms with Crippen LogP contribution in [0.5, 0.6) is 0 Å². The molecule has 1 aliphatic heterocycles. The topological polar surface area (TPSA) is 130 Å². The maximum atomic E-state index is 11.8. The van der Waals surface area contributed by atoms with Gasteiger partial charge in [0.15, 0.2) is 11.2 Å². The number of nitrogen functional groups attached to an aromatic ring is 1. The smallest absolute Gasteiger partial charge is 0.280 e. The molecule has 5 N–H and O–H groups in total. The van der Waals surface area contributed by atoms with Crippen LogP contribution in [0.2, 0.25) is 0 Å². The number of aliphatic hydroxyl groups is 2. The number of nitrogens with two attached hydrogens (primary N) is 1. The van der Waals surface area contributed by atoms with Crippen LogP contribution in [-0.4, -0.2) is 46.7 Å². The summed E-state index contributed by atoms with van der Waals surface area (Å²) in [5, 5.41) is 20.6. The molecule has 3 heterocycles. The molecule has 0 radical (unpaired) electrons. The minimum absolute atomic E-state index is 0.0402.